The molecule has 0 aliphatic carbocycles. The van der Waals surface area contributed by atoms with Crippen LogP contribution in [0.1, 0.15) is 5.89 Å². The van der Waals surface area contributed by atoms with E-state index in [0.29, 0.717) is 29.8 Å². The summed E-state index contributed by atoms with van der Waals surface area (Å²) in [5, 5.41) is 19.8. The molecule has 1 N–H and O–H groups in total. The number of hydrogen-bond donors (Lipinski definition) is 1. The zero-order chi connectivity index (χ0) is 14.5. The van der Waals surface area contributed by atoms with Crippen molar-refractivity contribution in [3.8, 4) is 11.7 Å². The summed E-state index contributed by atoms with van der Waals surface area (Å²) in [5.41, 5.74) is 0. The zero-order valence-electron chi connectivity index (χ0n) is 10.9. The van der Waals surface area contributed by atoms with Crippen molar-refractivity contribution < 1.29 is 8.83 Å². The Labute approximate surface area is 128 Å². The highest BCUT2D eigenvalue weighted by atomic mass is 32.2. The first-order chi connectivity index (χ1) is 10.3. The molecule has 3 aromatic rings. The number of hydrogen-bond acceptors (Lipinski definition) is 9. The lowest BCUT2D eigenvalue weighted by atomic mass is 10.5. The van der Waals surface area contributed by atoms with E-state index in [0.717, 1.165) is 9.47 Å². The number of nitrogens with zero attached hydrogens (tertiary/aromatic N) is 4. The second-order valence-corrected chi connectivity index (χ2v) is 6.01. The third-order valence-corrected chi connectivity index (χ3v) is 4.32. The van der Waals surface area contributed by atoms with Crippen molar-refractivity contribution in [1.82, 2.24) is 20.4 Å². The largest absolute Gasteiger partial charge is 0.459 e. The van der Waals surface area contributed by atoms with Crippen molar-refractivity contribution >= 4 is 28.2 Å². The van der Waals surface area contributed by atoms with Gasteiger partial charge in [-0.3, -0.25) is 0 Å². The predicted octanol–water partition coefficient (Wildman–Crippen LogP) is 3.07. The second-order valence-electron chi connectivity index (χ2n) is 3.81. The Kier molecular flexibility index (Phi) is 4.31. The monoisotopic (exact) mass is 321 g/mol. The van der Waals surface area contributed by atoms with Crippen molar-refractivity contribution in [2.45, 2.75) is 10.1 Å². The number of aromatic nitrogens is 4. The van der Waals surface area contributed by atoms with Crippen LogP contribution in [0.2, 0.25) is 0 Å². The minimum atomic E-state index is 0.376. The molecule has 0 unspecified atom stereocenters. The Morgan fingerprint density at radius 1 is 1.33 bits per heavy atom. The Hall–Kier alpha value is -2.13. The fraction of sp³-hybridized carbons (Fsp3) is 0.167. The maximum Gasteiger partial charge on any atom is 0.283 e. The van der Waals surface area contributed by atoms with Crippen molar-refractivity contribution in [2.24, 2.45) is 0 Å². The lowest BCUT2D eigenvalue weighted by molar-refractivity contribution is 0.494. The molecule has 9 heteroatoms. The van der Waals surface area contributed by atoms with Gasteiger partial charge in [0.05, 0.1) is 12.0 Å². The summed E-state index contributed by atoms with van der Waals surface area (Å²) in [6, 6.07) is 3.54. The first-order valence-electron chi connectivity index (χ1n) is 6.02. The standard InChI is InChI=1S/C12H11N5O2S2/c1-2-5-13-11-16-17-12(21-11)20-7-9-14-15-10(19-9)8-4-3-6-18-8/h2-4,6H,1,5,7H2,(H,13,16). The van der Waals surface area contributed by atoms with E-state index in [4.69, 9.17) is 8.83 Å². The van der Waals surface area contributed by atoms with Crippen LogP contribution in [-0.4, -0.2) is 26.9 Å². The molecule has 108 valence electrons. The molecule has 7 nitrogen and oxygen atoms in total. The Balaban J connectivity index is 1.57. The topological polar surface area (TPSA) is 89.9 Å². The van der Waals surface area contributed by atoms with E-state index in [2.05, 4.69) is 32.3 Å². The molecular weight excluding hydrogens is 310 g/mol. The number of anilines is 1. The molecule has 0 amide bonds. The Bertz CT molecular complexity index is 707. The van der Waals surface area contributed by atoms with Crippen molar-refractivity contribution in [3.63, 3.8) is 0 Å². The van der Waals surface area contributed by atoms with Gasteiger partial charge >= 0.3 is 0 Å². The molecule has 3 aromatic heterocycles. The van der Waals surface area contributed by atoms with Crippen LogP contribution < -0.4 is 5.32 Å². The molecule has 0 radical (unpaired) electrons. The number of nitrogens with one attached hydrogen (secondary N) is 1. The first-order valence-corrected chi connectivity index (χ1v) is 7.82. The van der Waals surface area contributed by atoms with Crippen LogP contribution in [-0.2, 0) is 5.75 Å². The molecule has 3 heterocycles. The van der Waals surface area contributed by atoms with Crippen LogP contribution in [0.5, 0.6) is 0 Å². The Morgan fingerprint density at radius 2 is 2.29 bits per heavy atom. The lowest BCUT2D eigenvalue weighted by Crippen LogP contribution is -1.96. The fourth-order valence-corrected chi connectivity index (χ4v) is 3.03. The van der Waals surface area contributed by atoms with Crippen molar-refractivity contribution in [2.75, 3.05) is 11.9 Å². The molecule has 0 fully saturated rings. The van der Waals surface area contributed by atoms with Gasteiger partial charge in [-0.2, -0.15) is 0 Å². The van der Waals surface area contributed by atoms with Crippen LogP contribution in [0, 0.1) is 0 Å². The van der Waals surface area contributed by atoms with Gasteiger partial charge in [0.25, 0.3) is 5.89 Å². The molecule has 21 heavy (non-hydrogen) atoms. The zero-order valence-corrected chi connectivity index (χ0v) is 12.5. The maximum absolute atomic E-state index is 5.51. The van der Waals surface area contributed by atoms with Crippen LogP contribution in [0.4, 0.5) is 5.13 Å². The van der Waals surface area contributed by atoms with E-state index in [1.54, 1.807) is 24.5 Å². The van der Waals surface area contributed by atoms with Gasteiger partial charge in [-0.1, -0.05) is 29.2 Å². The molecule has 0 spiro atoms. The summed E-state index contributed by atoms with van der Waals surface area (Å²) in [7, 11) is 0. The van der Waals surface area contributed by atoms with E-state index >= 15 is 0 Å². The van der Waals surface area contributed by atoms with E-state index in [1.807, 2.05) is 0 Å². The van der Waals surface area contributed by atoms with E-state index < -0.39 is 0 Å². The van der Waals surface area contributed by atoms with Crippen LogP contribution in [0.25, 0.3) is 11.7 Å². The summed E-state index contributed by atoms with van der Waals surface area (Å²) in [6.07, 6.45) is 3.33. The highest BCUT2D eigenvalue weighted by molar-refractivity contribution is 8.00. The average molecular weight is 321 g/mol. The quantitative estimate of drug-likeness (QED) is 0.524. The molecule has 0 aliphatic rings. The predicted molar refractivity (Wildman–Crippen MR) is 80.2 cm³/mol. The summed E-state index contributed by atoms with van der Waals surface area (Å²) < 4.78 is 11.5. The van der Waals surface area contributed by atoms with Gasteiger partial charge in [0, 0.05) is 6.54 Å². The van der Waals surface area contributed by atoms with E-state index in [-0.39, 0.29) is 0 Å². The van der Waals surface area contributed by atoms with E-state index in [1.165, 1.54) is 23.1 Å². The summed E-state index contributed by atoms with van der Waals surface area (Å²) >= 11 is 2.96. The van der Waals surface area contributed by atoms with Crippen LogP contribution in [0.15, 0.2) is 44.2 Å². The third kappa shape index (κ3) is 3.50. The minimum absolute atomic E-state index is 0.376. The second kappa shape index (κ2) is 6.55. The van der Waals surface area contributed by atoms with Crippen LogP contribution >= 0.6 is 23.1 Å². The van der Waals surface area contributed by atoms with Gasteiger partial charge in [0.1, 0.15) is 0 Å². The SMILES string of the molecule is C=CCNc1nnc(SCc2nnc(-c3ccco3)o2)s1. The fourth-order valence-electron chi connectivity index (χ4n) is 1.43. The van der Waals surface area contributed by atoms with Gasteiger partial charge in [-0.05, 0) is 12.1 Å². The van der Waals surface area contributed by atoms with Crippen molar-refractivity contribution in [1.29, 1.82) is 0 Å². The highest BCUT2D eigenvalue weighted by Crippen LogP contribution is 2.28. The average Bonchev–Trinajstić information content (AvgIpc) is 3.22. The number of thioether (sulfide) groups is 1. The van der Waals surface area contributed by atoms with Gasteiger partial charge in [-0.15, -0.1) is 27.0 Å². The summed E-state index contributed by atoms with van der Waals surface area (Å²) in [5.74, 6) is 1.98. The lowest BCUT2D eigenvalue weighted by Gasteiger charge is -1.93. The molecule has 0 saturated heterocycles. The molecule has 3 rings (SSSR count). The normalized spacial score (nSPS) is 10.7. The smallest absolute Gasteiger partial charge is 0.283 e. The minimum Gasteiger partial charge on any atom is -0.459 e. The summed E-state index contributed by atoms with van der Waals surface area (Å²) in [6.45, 7) is 4.30. The first kappa shape index (κ1) is 13.8. The van der Waals surface area contributed by atoms with Gasteiger partial charge in [-0.25, -0.2) is 0 Å². The van der Waals surface area contributed by atoms with Gasteiger partial charge in [0.15, 0.2) is 10.1 Å². The van der Waals surface area contributed by atoms with E-state index in [9.17, 15) is 0 Å². The maximum atomic E-state index is 5.51. The molecule has 0 atom stereocenters. The Morgan fingerprint density at radius 3 is 3.10 bits per heavy atom. The number of rotatable bonds is 7. The molecule has 0 saturated carbocycles. The van der Waals surface area contributed by atoms with Gasteiger partial charge in [0.2, 0.25) is 11.0 Å². The van der Waals surface area contributed by atoms with Gasteiger partial charge < -0.3 is 14.2 Å². The van der Waals surface area contributed by atoms with Crippen LogP contribution in [0.3, 0.4) is 0 Å². The molecule has 0 aromatic carbocycles. The third-order valence-electron chi connectivity index (χ3n) is 2.32. The highest BCUT2D eigenvalue weighted by Gasteiger charge is 2.12. The molecule has 0 aliphatic heterocycles. The summed E-state index contributed by atoms with van der Waals surface area (Å²) in [4.78, 5) is 0. The van der Waals surface area contributed by atoms with Crippen molar-refractivity contribution in [3.05, 3.63) is 36.9 Å². The molecule has 0 bridgehead atoms. The molecular formula is C12H11N5O2S2. The number of furan rings is 1.